The van der Waals surface area contributed by atoms with Crippen LogP contribution in [-0.4, -0.2) is 44.2 Å². The standard InChI is InChI=1S/C26H23BrN2O4/c1-31-24-14-20(13-21(16-28)26(30)29-9-11-32-12-10-29)23(27)15-25(24)33-17-19-7-4-6-18-5-2-3-8-22(18)19/h2-8,13-15H,9-12,17H2,1H3/b21-13-. The van der Waals surface area contributed by atoms with E-state index in [0.717, 1.165) is 16.3 Å². The zero-order chi connectivity index (χ0) is 23.2. The maximum Gasteiger partial charge on any atom is 0.264 e. The number of nitrogens with zero attached hydrogens (tertiary/aromatic N) is 2. The number of rotatable bonds is 6. The highest BCUT2D eigenvalue weighted by Gasteiger charge is 2.21. The highest BCUT2D eigenvalue weighted by atomic mass is 79.9. The first-order valence-corrected chi connectivity index (χ1v) is 11.4. The van der Waals surface area contributed by atoms with Crippen LogP contribution in [0.3, 0.4) is 0 Å². The van der Waals surface area contributed by atoms with Crippen molar-refractivity contribution in [3.8, 4) is 17.6 Å². The van der Waals surface area contributed by atoms with Gasteiger partial charge in [0.1, 0.15) is 18.2 Å². The second kappa shape index (κ2) is 10.5. The summed E-state index contributed by atoms with van der Waals surface area (Å²) in [6.45, 7) is 2.28. The lowest BCUT2D eigenvalue weighted by atomic mass is 10.1. The number of fused-ring (bicyclic) bond motifs is 1. The molecule has 0 radical (unpaired) electrons. The van der Waals surface area contributed by atoms with Crippen LogP contribution in [0.2, 0.25) is 0 Å². The zero-order valence-electron chi connectivity index (χ0n) is 18.2. The summed E-state index contributed by atoms with van der Waals surface area (Å²) in [5.74, 6) is 0.774. The number of ether oxygens (including phenoxy) is 3. The van der Waals surface area contributed by atoms with Crippen molar-refractivity contribution in [1.82, 2.24) is 4.90 Å². The van der Waals surface area contributed by atoms with Crippen molar-refractivity contribution in [2.75, 3.05) is 33.4 Å². The molecule has 1 heterocycles. The van der Waals surface area contributed by atoms with Crippen molar-refractivity contribution in [3.63, 3.8) is 0 Å². The van der Waals surface area contributed by atoms with Crippen molar-refractivity contribution >= 4 is 38.7 Å². The smallest absolute Gasteiger partial charge is 0.264 e. The molecular formula is C26H23BrN2O4. The molecule has 1 aliphatic heterocycles. The second-order valence-electron chi connectivity index (χ2n) is 7.53. The Kier molecular flexibility index (Phi) is 7.28. The van der Waals surface area contributed by atoms with E-state index in [0.29, 0.717) is 54.4 Å². The number of nitriles is 1. The van der Waals surface area contributed by atoms with Crippen molar-refractivity contribution in [2.24, 2.45) is 0 Å². The number of hydrogen-bond donors (Lipinski definition) is 0. The summed E-state index contributed by atoms with van der Waals surface area (Å²) in [4.78, 5) is 14.4. The molecule has 33 heavy (non-hydrogen) atoms. The first-order valence-electron chi connectivity index (χ1n) is 10.6. The Labute approximate surface area is 201 Å². The number of carbonyl (C=O) groups excluding carboxylic acids is 1. The Bertz CT molecular complexity index is 1240. The Morgan fingerprint density at radius 1 is 1.15 bits per heavy atom. The van der Waals surface area contributed by atoms with Crippen LogP contribution in [-0.2, 0) is 16.1 Å². The molecule has 3 aromatic rings. The van der Waals surface area contributed by atoms with E-state index in [9.17, 15) is 10.1 Å². The zero-order valence-corrected chi connectivity index (χ0v) is 19.8. The fourth-order valence-electron chi connectivity index (χ4n) is 3.74. The van der Waals surface area contributed by atoms with E-state index in [-0.39, 0.29) is 11.5 Å². The van der Waals surface area contributed by atoms with Crippen LogP contribution in [0.4, 0.5) is 0 Å². The van der Waals surface area contributed by atoms with E-state index in [4.69, 9.17) is 14.2 Å². The summed E-state index contributed by atoms with van der Waals surface area (Å²) in [6, 6.07) is 19.9. The van der Waals surface area contributed by atoms with Crippen molar-refractivity contribution in [3.05, 3.63) is 75.8 Å². The molecule has 1 amide bonds. The molecule has 7 heteroatoms. The van der Waals surface area contributed by atoms with E-state index in [1.54, 1.807) is 30.2 Å². The van der Waals surface area contributed by atoms with Gasteiger partial charge in [-0.1, -0.05) is 58.4 Å². The second-order valence-corrected chi connectivity index (χ2v) is 8.38. The normalized spacial score (nSPS) is 14.1. The van der Waals surface area contributed by atoms with Gasteiger partial charge in [-0.2, -0.15) is 5.26 Å². The predicted octanol–water partition coefficient (Wildman–Crippen LogP) is 4.96. The highest BCUT2D eigenvalue weighted by molar-refractivity contribution is 9.10. The minimum atomic E-state index is -0.303. The fraction of sp³-hybridized carbons (Fsp3) is 0.231. The van der Waals surface area contributed by atoms with Crippen LogP contribution >= 0.6 is 15.9 Å². The third-order valence-electron chi connectivity index (χ3n) is 5.50. The average Bonchev–Trinajstić information content (AvgIpc) is 2.87. The largest absolute Gasteiger partial charge is 0.493 e. The minimum Gasteiger partial charge on any atom is -0.493 e. The fourth-order valence-corrected chi connectivity index (χ4v) is 4.18. The molecular weight excluding hydrogens is 484 g/mol. The number of amides is 1. The molecule has 0 spiro atoms. The molecule has 0 aliphatic carbocycles. The summed E-state index contributed by atoms with van der Waals surface area (Å²) in [5, 5.41) is 11.9. The minimum absolute atomic E-state index is 0.0593. The topological polar surface area (TPSA) is 71.8 Å². The average molecular weight is 507 g/mol. The van der Waals surface area contributed by atoms with Crippen molar-refractivity contribution in [1.29, 1.82) is 5.26 Å². The van der Waals surface area contributed by atoms with Gasteiger partial charge in [-0.3, -0.25) is 4.79 Å². The number of methoxy groups -OCH3 is 1. The summed E-state index contributed by atoms with van der Waals surface area (Å²) in [5.41, 5.74) is 1.78. The SMILES string of the molecule is COc1cc(/C=C(/C#N)C(=O)N2CCOCC2)c(Br)cc1OCc1cccc2ccccc12. The molecule has 0 bridgehead atoms. The molecule has 1 fully saturated rings. The van der Waals surface area contributed by atoms with Gasteiger partial charge in [0.25, 0.3) is 5.91 Å². The summed E-state index contributed by atoms with van der Waals surface area (Å²) >= 11 is 3.54. The summed E-state index contributed by atoms with van der Waals surface area (Å²) < 4.78 is 17.6. The molecule has 0 N–H and O–H groups in total. The lowest BCUT2D eigenvalue weighted by Crippen LogP contribution is -2.41. The van der Waals surface area contributed by atoms with Gasteiger partial charge in [0.05, 0.1) is 20.3 Å². The van der Waals surface area contributed by atoms with E-state index in [1.165, 1.54) is 0 Å². The molecule has 0 saturated carbocycles. The van der Waals surface area contributed by atoms with E-state index in [2.05, 4.69) is 34.1 Å². The Morgan fingerprint density at radius 3 is 2.67 bits per heavy atom. The Morgan fingerprint density at radius 2 is 1.91 bits per heavy atom. The van der Waals surface area contributed by atoms with Crippen LogP contribution in [0.25, 0.3) is 16.8 Å². The molecule has 0 aromatic heterocycles. The molecule has 6 nitrogen and oxygen atoms in total. The predicted molar refractivity (Wildman–Crippen MR) is 130 cm³/mol. The quantitative estimate of drug-likeness (QED) is 0.349. The molecule has 1 saturated heterocycles. The van der Waals surface area contributed by atoms with Gasteiger partial charge in [-0.25, -0.2) is 0 Å². The first-order chi connectivity index (χ1) is 16.1. The highest BCUT2D eigenvalue weighted by Crippen LogP contribution is 2.35. The lowest BCUT2D eigenvalue weighted by molar-refractivity contribution is -0.130. The van der Waals surface area contributed by atoms with Gasteiger partial charge >= 0.3 is 0 Å². The van der Waals surface area contributed by atoms with Crippen molar-refractivity contribution < 1.29 is 19.0 Å². The molecule has 4 rings (SSSR count). The number of hydrogen-bond acceptors (Lipinski definition) is 5. The Balaban J connectivity index is 1.58. The number of benzene rings is 3. The first kappa shape index (κ1) is 22.8. The third-order valence-corrected chi connectivity index (χ3v) is 6.18. The molecule has 3 aromatic carbocycles. The molecule has 0 atom stereocenters. The third kappa shape index (κ3) is 5.19. The molecule has 1 aliphatic rings. The van der Waals surface area contributed by atoms with Gasteiger partial charge in [-0.15, -0.1) is 0 Å². The van der Waals surface area contributed by atoms with Gasteiger partial charge in [-0.05, 0) is 40.1 Å². The number of carbonyl (C=O) groups is 1. The maximum atomic E-state index is 12.7. The van der Waals surface area contributed by atoms with Crippen LogP contribution in [0.15, 0.2) is 64.6 Å². The monoisotopic (exact) mass is 506 g/mol. The molecule has 168 valence electrons. The lowest BCUT2D eigenvalue weighted by Gasteiger charge is -2.26. The summed E-state index contributed by atoms with van der Waals surface area (Å²) in [6.07, 6.45) is 1.57. The van der Waals surface area contributed by atoms with Gasteiger partial charge in [0.15, 0.2) is 11.5 Å². The van der Waals surface area contributed by atoms with Gasteiger partial charge in [0.2, 0.25) is 0 Å². The summed E-state index contributed by atoms with van der Waals surface area (Å²) in [7, 11) is 1.56. The van der Waals surface area contributed by atoms with Crippen LogP contribution < -0.4 is 9.47 Å². The number of morpholine rings is 1. The number of halogens is 1. The van der Waals surface area contributed by atoms with E-state index >= 15 is 0 Å². The maximum absolute atomic E-state index is 12.7. The van der Waals surface area contributed by atoms with E-state index in [1.807, 2.05) is 30.3 Å². The van der Waals surface area contributed by atoms with Crippen LogP contribution in [0.1, 0.15) is 11.1 Å². The van der Waals surface area contributed by atoms with Crippen LogP contribution in [0, 0.1) is 11.3 Å². The van der Waals surface area contributed by atoms with Crippen LogP contribution in [0.5, 0.6) is 11.5 Å². The van der Waals surface area contributed by atoms with Gasteiger partial charge < -0.3 is 19.1 Å². The Hall–Kier alpha value is -3.34. The molecule has 0 unspecified atom stereocenters. The van der Waals surface area contributed by atoms with E-state index < -0.39 is 0 Å². The van der Waals surface area contributed by atoms with Crippen molar-refractivity contribution in [2.45, 2.75) is 6.61 Å². The van der Waals surface area contributed by atoms with Gasteiger partial charge in [0, 0.05) is 17.6 Å².